The Hall–Kier alpha value is -0.630. The first-order valence-electron chi connectivity index (χ1n) is 6.48. The molecule has 0 aliphatic heterocycles. The Morgan fingerprint density at radius 2 is 1.76 bits per heavy atom. The number of ketones is 1. The van der Waals surface area contributed by atoms with Gasteiger partial charge in [-0.2, -0.15) is 0 Å². The lowest BCUT2D eigenvalue weighted by Crippen LogP contribution is -2.14. The van der Waals surface area contributed by atoms with Crippen molar-refractivity contribution in [2.75, 3.05) is 0 Å². The molecule has 0 atom stereocenters. The lowest BCUT2D eigenvalue weighted by Gasteiger charge is -2.13. The number of halogens is 1. The molecule has 0 saturated heterocycles. The van der Waals surface area contributed by atoms with Crippen molar-refractivity contribution < 1.29 is 4.79 Å². The van der Waals surface area contributed by atoms with Gasteiger partial charge in [-0.3, -0.25) is 4.79 Å². The number of hydrogen-bond donors (Lipinski definition) is 0. The molecule has 0 radical (unpaired) electrons. The molecule has 1 nitrogen and oxygen atoms in total. The average Bonchev–Trinajstić information content (AvgIpc) is 2.55. The van der Waals surface area contributed by atoms with Crippen molar-refractivity contribution in [2.45, 2.75) is 45.4 Å². The van der Waals surface area contributed by atoms with Crippen molar-refractivity contribution >= 4 is 21.7 Å². The number of aryl methyl sites for hydroxylation is 1. The van der Waals surface area contributed by atoms with Crippen LogP contribution in [-0.2, 0) is 0 Å². The van der Waals surface area contributed by atoms with E-state index >= 15 is 0 Å². The highest BCUT2D eigenvalue weighted by Crippen LogP contribution is 2.27. The number of hydrogen-bond acceptors (Lipinski definition) is 1. The summed E-state index contributed by atoms with van der Waals surface area (Å²) in [6.45, 7) is 2.04. The molecule has 0 bridgehead atoms. The van der Waals surface area contributed by atoms with Gasteiger partial charge in [0, 0.05) is 16.0 Å². The summed E-state index contributed by atoms with van der Waals surface area (Å²) < 4.78 is 1.01. The van der Waals surface area contributed by atoms with E-state index in [9.17, 15) is 4.79 Å². The van der Waals surface area contributed by atoms with E-state index in [0.717, 1.165) is 28.4 Å². The first kappa shape index (κ1) is 12.8. The summed E-state index contributed by atoms with van der Waals surface area (Å²) in [7, 11) is 0. The van der Waals surface area contributed by atoms with Crippen LogP contribution in [0.3, 0.4) is 0 Å². The van der Waals surface area contributed by atoms with Crippen molar-refractivity contribution in [3.05, 3.63) is 33.8 Å². The van der Waals surface area contributed by atoms with E-state index < -0.39 is 0 Å². The number of rotatable bonds is 2. The zero-order valence-corrected chi connectivity index (χ0v) is 11.9. The summed E-state index contributed by atoms with van der Waals surface area (Å²) in [6, 6.07) is 6.02. The van der Waals surface area contributed by atoms with Gasteiger partial charge in [-0.15, -0.1) is 0 Å². The second-order valence-corrected chi connectivity index (χ2v) is 5.99. The van der Waals surface area contributed by atoms with Crippen molar-refractivity contribution in [3.63, 3.8) is 0 Å². The van der Waals surface area contributed by atoms with E-state index in [0.29, 0.717) is 5.78 Å². The molecule has 2 heteroatoms. The minimum Gasteiger partial charge on any atom is -0.294 e. The van der Waals surface area contributed by atoms with Crippen LogP contribution in [0, 0.1) is 12.8 Å². The largest absolute Gasteiger partial charge is 0.294 e. The molecule has 1 aliphatic rings. The Morgan fingerprint density at radius 1 is 1.12 bits per heavy atom. The zero-order valence-electron chi connectivity index (χ0n) is 10.3. The van der Waals surface area contributed by atoms with E-state index in [4.69, 9.17) is 0 Å². The first-order chi connectivity index (χ1) is 8.16. The second-order valence-electron chi connectivity index (χ2n) is 5.07. The maximum Gasteiger partial charge on any atom is 0.165 e. The van der Waals surface area contributed by atoms with E-state index in [1.807, 2.05) is 25.1 Å². The molecule has 17 heavy (non-hydrogen) atoms. The van der Waals surface area contributed by atoms with Gasteiger partial charge >= 0.3 is 0 Å². The SMILES string of the molecule is Cc1cc(Br)cc(C(=O)C2CCCCCC2)c1. The van der Waals surface area contributed by atoms with Crippen molar-refractivity contribution in [2.24, 2.45) is 5.92 Å². The maximum absolute atomic E-state index is 12.4. The molecule has 0 N–H and O–H groups in total. The minimum atomic E-state index is 0.256. The van der Waals surface area contributed by atoms with Crippen LogP contribution >= 0.6 is 15.9 Å². The molecule has 1 aliphatic carbocycles. The fourth-order valence-electron chi connectivity index (χ4n) is 2.66. The van der Waals surface area contributed by atoms with Crippen molar-refractivity contribution in [1.29, 1.82) is 0 Å². The molecular weight excluding hydrogens is 276 g/mol. The number of carbonyl (C=O) groups excluding carboxylic acids is 1. The summed E-state index contributed by atoms with van der Waals surface area (Å²) in [5.41, 5.74) is 2.03. The van der Waals surface area contributed by atoms with Crippen LogP contribution in [-0.4, -0.2) is 5.78 Å². The van der Waals surface area contributed by atoms with Gasteiger partial charge in [0.15, 0.2) is 5.78 Å². The summed E-state index contributed by atoms with van der Waals surface area (Å²) in [5, 5.41) is 0. The van der Waals surface area contributed by atoms with Crippen LogP contribution in [0.25, 0.3) is 0 Å². The lowest BCUT2D eigenvalue weighted by atomic mass is 9.90. The lowest BCUT2D eigenvalue weighted by molar-refractivity contribution is 0.0907. The highest BCUT2D eigenvalue weighted by molar-refractivity contribution is 9.10. The van der Waals surface area contributed by atoms with Gasteiger partial charge < -0.3 is 0 Å². The molecule has 1 aromatic rings. The molecule has 0 spiro atoms. The predicted octanol–water partition coefficient (Wildman–Crippen LogP) is 4.91. The highest BCUT2D eigenvalue weighted by atomic mass is 79.9. The van der Waals surface area contributed by atoms with Crippen LogP contribution in [0.1, 0.15) is 54.4 Å². The predicted molar refractivity (Wildman–Crippen MR) is 74.4 cm³/mol. The van der Waals surface area contributed by atoms with Crippen molar-refractivity contribution in [1.82, 2.24) is 0 Å². The molecule has 1 fully saturated rings. The first-order valence-corrected chi connectivity index (χ1v) is 7.27. The molecular formula is C15H19BrO. The number of benzene rings is 1. The molecule has 2 rings (SSSR count). The summed E-state index contributed by atoms with van der Waals surface area (Å²) in [4.78, 5) is 12.4. The fourth-order valence-corrected chi connectivity index (χ4v) is 3.26. The molecule has 0 amide bonds. The van der Waals surface area contributed by atoms with E-state index in [2.05, 4.69) is 15.9 Å². The van der Waals surface area contributed by atoms with Gasteiger partial charge in [0.05, 0.1) is 0 Å². The Balaban J connectivity index is 2.17. The van der Waals surface area contributed by atoms with Gasteiger partial charge in [-0.05, 0) is 43.5 Å². The topological polar surface area (TPSA) is 17.1 Å². The molecule has 0 aromatic heterocycles. The minimum absolute atomic E-state index is 0.256. The fraction of sp³-hybridized carbons (Fsp3) is 0.533. The van der Waals surface area contributed by atoms with Crippen LogP contribution < -0.4 is 0 Å². The summed E-state index contributed by atoms with van der Waals surface area (Å²) in [5.74, 6) is 0.600. The molecule has 92 valence electrons. The average molecular weight is 295 g/mol. The van der Waals surface area contributed by atoms with Crippen LogP contribution in [0.15, 0.2) is 22.7 Å². The highest BCUT2D eigenvalue weighted by Gasteiger charge is 2.21. The third kappa shape index (κ3) is 3.41. The zero-order chi connectivity index (χ0) is 12.3. The number of Topliss-reactive ketones (excluding diaryl/α,β-unsaturated/α-hetero) is 1. The third-order valence-electron chi connectivity index (χ3n) is 3.55. The second kappa shape index (κ2) is 5.81. The van der Waals surface area contributed by atoms with E-state index in [1.54, 1.807) is 0 Å². The van der Waals surface area contributed by atoms with E-state index in [-0.39, 0.29) is 5.92 Å². The van der Waals surface area contributed by atoms with Crippen molar-refractivity contribution in [3.8, 4) is 0 Å². The Kier molecular flexibility index (Phi) is 4.38. The van der Waals surface area contributed by atoms with Crippen LogP contribution in [0.4, 0.5) is 0 Å². The quantitative estimate of drug-likeness (QED) is 0.559. The maximum atomic E-state index is 12.4. The molecule has 1 saturated carbocycles. The Bertz CT molecular complexity index is 383. The Morgan fingerprint density at radius 3 is 2.35 bits per heavy atom. The summed E-state index contributed by atoms with van der Waals surface area (Å²) in [6.07, 6.45) is 7.16. The van der Waals surface area contributed by atoms with Gasteiger partial charge in [0.25, 0.3) is 0 Å². The Labute approximate surface area is 112 Å². The third-order valence-corrected chi connectivity index (χ3v) is 4.01. The van der Waals surface area contributed by atoms with Crippen LogP contribution in [0.5, 0.6) is 0 Å². The van der Waals surface area contributed by atoms with E-state index in [1.165, 1.54) is 25.7 Å². The standard InChI is InChI=1S/C15H19BrO/c1-11-8-13(10-14(16)9-11)15(17)12-6-4-2-3-5-7-12/h8-10,12H,2-7H2,1H3. The molecule has 1 aromatic carbocycles. The van der Waals surface area contributed by atoms with Gasteiger partial charge in [0.2, 0.25) is 0 Å². The molecule has 0 heterocycles. The number of carbonyl (C=O) groups is 1. The smallest absolute Gasteiger partial charge is 0.165 e. The van der Waals surface area contributed by atoms with Gasteiger partial charge in [-0.25, -0.2) is 0 Å². The molecule has 0 unspecified atom stereocenters. The summed E-state index contributed by atoms with van der Waals surface area (Å²) >= 11 is 3.47. The van der Waals surface area contributed by atoms with Gasteiger partial charge in [-0.1, -0.05) is 41.6 Å². The monoisotopic (exact) mass is 294 g/mol. The van der Waals surface area contributed by atoms with Gasteiger partial charge in [0.1, 0.15) is 0 Å². The van der Waals surface area contributed by atoms with Crippen LogP contribution in [0.2, 0.25) is 0 Å². The normalized spacial score (nSPS) is 17.8.